The summed E-state index contributed by atoms with van der Waals surface area (Å²) >= 11 is 0. The van der Waals surface area contributed by atoms with E-state index in [9.17, 15) is 4.79 Å². The van der Waals surface area contributed by atoms with Crippen LogP contribution in [0.1, 0.15) is 21.7 Å². The van der Waals surface area contributed by atoms with Gasteiger partial charge in [-0.2, -0.15) is 5.10 Å². The number of carbonyl (C=O) groups is 1. The number of benzene rings is 1. The highest BCUT2D eigenvalue weighted by Crippen LogP contribution is 2.32. The minimum absolute atomic E-state index is 0.0500. The molecule has 1 fully saturated rings. The van der Waals surface area contributed by atoms with Crippen molar-refractivity contribution in [3.8, 4) is 11.3 Å². The quantitative estimate of drug-likeness (QED) is 0.716. The molecule has 0 aliphatic carbocycles. The number of aromatic nitrogens is 2. The Kier molecular flexibility index (Phi) is 4.48. The molecule has 0 atom stereocenters. The summed E-state index contributed by atoms with van der Waals surface area (Å²) in [6.07, 6.45) is 3.88. The molecule has 1 aliphatic rings. The Morgan fingerprint density at radius 1 is 1.07 bits per heavy atom. The maximum absolute atomic E-state index is 13.3. The predicted octanol–water partition coefficient (Wildman–Crippen LogP) is 3.26. The molecule has 27 heavy (non-hydrogen) atoms. The van der Waals surface area contributed by atoms with Gasteiger partial charge in [-0.15, -0.1) is 0 Å². The lowest BCUT2D eigenvalue weighted by atomic mass is 10.0. The Labute approximate surface area is 159 Å². The van der Waals surface area contributed by atoms with Crippen molar-refractivity contribution in [2.24, 2.45) is 7.05 Å². The van der Waals surface area contributed by atoms with E-state index < -0.39 is 0 Å². The monoisotopic (exact) mass is 364 g/mol. The van der Waals surface area contributed by atoms with Crippen LogP contribution in [0.2, 0.25) is 0 Å². The molecule has 1 saturated heterocycles. The first-order valence-electron chi connectivity index (χ1n) is 9.23. The number of anilines is 1. The average molecular weight is 364 g/mol. The molecule has 140 valence electrons. The van der Waals surface area contributed by atoms with Crippen molar-refractivity contribution in [1.82, 2.24) is 14.7 Å². The molecule has 0 bridgehead atoms. The van der Waals surface area contributed by atoms with E-state index >= 15 is 0 Å². The van der Waals surface area contributed by atoms with E-state index in [4.69, 9.17) is 4.42 Å². The van der Waals surface area contributed by atoms with Crippen LogP contribution in [-0.2, 0) is 7.05 Å². The number of furan rings is 1. The molecule has 1 amide bonds. The van der Waals surface area contributed by atoms with Crippen LogP contribution in [-0.4, -0.2) is 46.8 Å². The summed E-state index contributed by atoms with van der Waals surface area (Å²) < 4.78 is 7.77. The lowest BCUT2D eigenvalue weighted by Crippen LogP contribution is -2.48. The van der Waals surface area contributed by atoms with Crippen molar-refractivity contribution >= 4 is 11.6 Å². The molecule has 3 heterocycles. The Morgan fingerprint density at radius 2 is 1.78 bits per heavy atom. The summed E-state index contributed by atoms with van der Waals surface area (Å²) in [5.74, 6) is 1.52. The molecular weight excluding hydrogens is 340 g/mol. The Bertz CT molecular complexity index is 950. The molecule has 1 aliphatic heterocycles. The lowest BCUT2D eigenvalue weighted by Gasteiger charge is -2.35. The normalized spacial score (nSPS) is 14.6. The van der Waals surface area contributed by atoms with Crippen LogP contribution in [0.25, 0.3) is 11.3 Å². The van der Waals surface area contributed by atoms with Gasteiger partial charge in [0.1, 0.15) is 11.5 Å². The van der Waals surface area contributed by atoms with Gasteiger partial charge in [-0.1, -0.05) is 30.3 Å². The van der Waals surface area contributed by atoms with Gasteiger partial charge in [-0.05, 0) is 13.8 Å². The van der Waals surface area contributed by atoms with Crippen molar-refractivity contribution in [3.63, 3.8) is 0 Å². The fourth-order valence-corrected chi connectivity index (χ4v) is 3.57. The van der Waals surface area contributed by atoms with Gasteiger partial charge in [0.25, 0.3) is 5.91 Å². The minimum atomic E-state index is 0.0500. The summed E-state index contributed by atoms with van der Waals surface area (Å²) in [6, 6.07) is 9.85. The van der Waals surface area contributed by atoms with E-state index in [-0.39, 0.29) is 5.91 Å². The van der Waals surface area contributed by atoms with Gasteiger partial charge in [0.2, 0.25) is 0 Å². The highest BCUT2D eigenvalue weighted by Gasteiger charge is 2.29. The van der Waals surface area contributed by atoms with Gasteiger partial charge in [0.15, 0.2) is 0 Å². The zero-order valence-electron chi connectivity index (χ0n) is 16.0. The molecule has 4 rings (SSSR count). The first-order valence-corrected chi connectivity index (χ1v) is 9.23. The molecule has 3 aromatic rings. The fourth-order valence-electron chi connectivity index (χ4n) is 3.57. The Hall–Kier alpha value is -3.02. The van der Waals surface area contributed by atoms with Crippen LogP contribution in [0.15, 0.2) is 47.1 Å². The SMILES string of the molecule is Cc1oc(-c2ccccc2)c(C(=O)N2CCN(c3cnn(C)c3)CC2)c1C. The van der Waals surface area contributed by atoms with Crippen LogP contribution in [0, 0.1) is 13.8 Å². The predicted molar refractivity (Wildman–Crippen MR) is 105 cm³/mol. The zero-order chi connectivity index (χ0) is 19.0. The van der Waals surface area contributed by atoms with Gasteiger partial charge >= 0.3 is 0 Å². The Morgan fingerprint density at radius 3 is 2.41 bits per heavy atom. The molecule has 6 nitrogen and oxygen atoms in total. The molecule has 1 aromatic carbocycles. The van der Waals surface area contributed by atoms with Gasteiger partial charge in [-0.25, -0.2) is 0 Å². The van der Waals surface area contributed by atoms with E-state index in [2.05, 4.69) is 10.00 Å². The molecule has 0 spiro atoms. The van der Waals surface area contributed by atoms with E-state index in [1.54, 1.807) is 4.68 Å². The second-order valence-corrected chi connectivity index (χ2v) is 7.00. The molecule has 2 aromatic heterocycles. The average Bonchev–Trinajstić information content (AvgIpc) is 3.26. The van der Waals surface area contributed by atoms with Gasteiger partial charge < -0.3 is 14.2 Å². The van der Waals surface area contributed by atoms with Crippen molar-refractivity contribution in [3.05, 3.63) is 59.6 Å². The zero-order valence-corrected chi connectivity index (χ0v) is 16.0. The minimum Gasteiger partial charge on any atom is -0.460 e. The van der Waals surface area contributed by atoms with E-state index in [1.807, 2.05) is 68.5 Å². The van der Waals surface area contributed by atoms with E-state index in [0.29, 0.717) is 24.4 Å². The fraction of sp³-hybridized carbons (Fsp3) is 0.333. The topological polar surface area (TPSA) is 54.5 Å². The second kappa shape index (κ2) is 6.95. The largest absolute Gasteiger partial charge is 0.460 e. The Balaban J connectivity index is 1.56. The first kappa shape index (κ1) is 17.4. The van der Waals surface area contributed by atoms with Gasteiger partial charge in [0.05, 0.1) is 17.4 Å². The molecule has 0 radical (unpaired) electrons. The van der Waals surface area contributed by atoms with Crippen molar-refractivity contribution in [1.29, 1.82) is 0 Å². The number of carbonyl (C=O) groups excluding carboxylic acids is 1. The van der Waals surface area contributed by atoms with Crippen LogP contribution in [0.4, 0.5) is 5.69 Å². The molecule has 0 saturated carbocycles. The van der Waals surface area contributed by atoms with Crippen molar-refractivity contribution in [2.75, 3.05) is 31.1 Å². The lowest BCUT2D eigenvalue weighted by molar-refractivity contribution is 0.0746. The second-order valence-electron chi connectivity index (χ2n) is 7.00. The van der Waals surface area contributed by atoms with Crippen LogP contribution < -0.4 is 4.90 Å². The van der Waals surface area contributed by atoms with E-state index in [0.717, 1.165) is 35.7 Å². The van der Waals surface area contributed by atoms with E-state index in [1.165, 1.54) is 0 Å². The molecule has 0 unspecified atom stereocenters. The highest BCUT2D eigenvalue weighted by atomic mass is 16.3. The van der Waals surface area contributed by atoms with Gasteiger partial charge in [-0.3, -0.25) is 9.48 Å². The summed E-state index contributed by atoms with van der Waals surface area (Å²) in [5, 5.41) is 4.24. The molecule has 6 heteroatoms. The summed E-state index contributed by atoms with van der Waals surface area (Å²) in [4.78, 5) is 17.5. The number of piperazine rings is 1. The number of amides is 1. The number of hydrogen-bond donors (Lipinski definition) is 0. The third kappa shape index (κ3) is 3.23. The first-order chi connectivity index (χ1) is 13.0. The molecule has 0 N–H and O–H groups in total. The number of nitrogens with zero attached hydrogens (tertiary/aromatic N) is 4. The summed E-state index contributed by atoms with van der Waals surface area (Å²) in [7, 11) is 1.92. The third-order valence-electron chi connectivity index (χ3n) is 5.26. The van der Waals surface area contributed by atoms with Crippen LogP contribution >= 0.6 is 0 Å². The van der Waals surface area contributed by atoms with Crippen LogP contribution in [0.5, 0.6) is 0 Å². The maximum Gasteiger partial charge on any atom is 0.258 e. The number of aryl methyl sites for hydroxylation is 2. The number of rotatable bonds is 3. The molecular formula is C21H24N4O2. The van der Waals surface area contributed by atoms with Gasteiger partial charge in [0, 0.05) is 50.6 Å². The van der Waals surface area contributed by atoms with Crippen molar-refractivity contribution in [2.45, 2.75) is 13.8 Å². The standard InChI is InChI=1S/C21H24N4O2/c1-15-16(2)27-20(17-7-5-4-6-8-17)19(15)21(26)25-11-9-24(10-12-25)18-13-22-23(3)14-18/h4-8,13-14H,9-12H2,1-3H3. The van der Waals surface area contributed by atoms with Crippen LogP contribution in [0.3, 0.4) is 0 Å². The number of hydrogen-bond acceptors (Lipinski definition) is 4. The maximum atomic E-state index is 13.3. The highest BCUT2D eigenvalue weighted by molar-refractivity contribution is 6.01. The summed E-state index contributed by atoms with van der Waals surface area (Å²) in [5.41, 5.74) is 3.65. The smallest absolute Gasteiger partial charge is 0.258 e. The third-order valence-corrected chi connectivity index (χ3v) is 5.26. The van der Waals surface area contributed by atoms with Crippen molar-refractivity contribution < 1.29 is 9.21 Å². The summed E-state index contributed by atoms with van der Waals surface area (Å²) in [6.45, 7) is 6.85.